The van der Waals surface area contributed by atoms with Gasteiger partial charge in [-0.2, -0.15) is 0 Å². The molecule has 0 radical (unpaired) electrons. The molecular formula is C24H18N2O6. The number of benzene rings is 3. The van der Waals surface area contributed by atoms with Crippen molar-refractivity contribution in [2.45, 2.75) is 6.92 Å². The monoisotopic (exact) mass is 430 g/mol. The molecule has 0 saturated carbocycles. The number of hydrogen-bond acceptors (Lipinski definition) is 6. The van der Waals surface area contributed by atoms with E-state index in [1.165, 1.54) is 38.3 Å². The lowest BCUT2D eigenvalue weighted by Gasteiger charge is -2.14. The van der Waals surface area contributed by atoms with Crippen molar-refractivity contribution in [2.24, 2.45) is 0 Å². The molecule has 0 fully saturated rings. The lowest BCUT2D eigenvalue weighted by molar-refractivity contribution is -0.114. The van der Waals surface area contributed by atoms with Crippen molar-refractivity contribution < 1.29 is 28.7 Å². The number of carbonyl (C=O) groups excluding carboxylic acids is 4. The molecule has 4 rings (SSSR count). The number of rotatable bonds is 5. The molecule has 32 heavy (non-hydrogen) atoms. The summed E-state index contributed by atoms with van der Waals surface area (Å²) in [6, 6.07) is 17.5. The number of esters is 1. The predicted molar refractivity (Wildman–Crippen MR) is 116 cm³/mol. The maximum Gasteiger partial charge on any atom is 0.337 e. The Hall–Kier alpha value is -4.46. The number of hydrogen-bond donors (Lipinski definition) is 1. The van der Waals surface area contributed by atoms with Gasteiger partial charge in [-0.15, -0.1) is 0 Å². The van der Waals surface area contributed by atoms with Crippen LogP contribution in [0.2, 0.25) is 0 Å². The van der Waals surface area contributed by atoms with E-state index in [1.807, 2.05) is 0 Å². The minimum atomic E-state index is -0.569. The number of nitrogens with zero attached hydrogens (tertiary/aromatic N) is 1. The standard InChI is InChI=1S/C24H18N2O6/c1-14(27)25-16-6-4-8-18(12-16)32-19-9-10-20-21(13-19)23(29)26(22(20)28)17-7-3-5-15(11-17)24(30)31-2/h3-13H,1-2H3,(H,25,27). The fraction of sp³-hybridized carbons (Fsp3) is 0.0833. The molecule has 1 N–H and O–H groups in total. The summed E-state index contributed by atoms with van der Waals surface area (Å²) in [7, 11) is 1.25. The number of methoxy groups -OCH3 is 1. The van der Waals surface area contributed by atoms with Gasteiger partial charge in [-0.3, -0.25) is 14.4 Å². The molecule has 3 amide bonds. The van der Waals surface area contributed by atoms with E-state index >= 15 is 0 Å². The van der Waals surface area contributed by atoms with Crippen molar-refractivity contribution in [1.29, 1.82) is 0 Å². The zero-order valence-corrected chi connectivity index (χ0v) is 17.2. The molecule has 0 saturated heterocycles. The number of anilines is 2. The van der Waals surface area contributed by atoms with E-state index in [4.69, 9.17) is 9.47 Å². The van der Waals surface area contributed by atoms with Crippen LogP contribution < -0.4 is 15.0 Å². The number of imide groups is 1. The Balaban J connectivity index is 1.61. The summed E-state index contributed by atoms with van der Waals surface area (Å²) >= 11 is 0. The topological polar surface area (TPSA) is 102 Å². The summed E-state index contributed by atoms with van der Waals surface area (Å²) < 4.78 is 10.5. The summed E-state index contributed by atoms with van der Waals surface area (Å²) in [4.78, 5) is 50.0. The number of fused-ring (bicyclic) bond motifs is 1. The molecule has 3 aromatic carbocycles. The number of amides is 3. The molecule has 0 atom stereocenters. The molecule has 1 aliphatic rings. The van der Waals surface area contributed by atoms with Crippen molar-refractivity contribution in [1.82, 2.24) is 0 Å². The second-order valence-corrected chi connectivity index (χ2v) is 7.01. The predicted octanol–water partition coefficient (Wildman–Crippen LogP) is 4.02. The third kappa shape index (κ3) is 3.93. The molecule has 0 unspecified atom stereocenters. The van der Waals surface area contributed by atoms with Crippen LogP contribution in [0.3, 0.4) is 0 Å². The Morgan fingerprint density at radius 3 is 2.31 bits per heavy atom. The Morgan fingerprint density at radius 2 is 1.56 bits per heavy atom. The fourth-order valence-corrected chi connectivity index (χ4v) is 3.38. The van der Waals surface area contributed by atoms with Gasteiger partial charge >= 0.3 is 5.97 Å². The Morgan fingerprint density at radius 1 is 0.844 bits per heavy atom. The van der Waals surface area contributed by atoms with Crippen LogP contribution in [0.4, 0.5) is 11.4 Å². The molecule has 0 aromatic heterocycles. The molecule has 1 heterocycles. The molecule has 8 heteroatoms. The van der Waals surface area contributed by atoms with Crippen LogP contribution in [0.5, 0.6) is 11.5 Å². The first kappa shape index (κ1) is 20.8. The van der Waals surface area contributed by atoms with Gasteiger partial charge in [0, 0.05) is 18.7 Å². The van der Waals surface area contributed by atoms with E-state index in [2.05, 4.69) is 5.32 Å². The fourth-order valence-electron chi connectivity index (χ4n) is 3.38. The highest BCUT2D eigenvalue weighted by Gasteiger charge is 2.37. The van der Waals surface area contributed by atoms with Gasteiger partial charge in [-0.25, -0.2) is 9.69 Å². The van der Waals surface area contributed by atoms with Gasteiger partial charge in [0.2, 0.25) is 5.91 Å². The Bertz CT molecular complexity index is 1270. The third-order valence-electron chi connectivity index (χ3n) is 4.77. The Kier molecular flexibility index (Phi) is 5.43. The van der Waals surface area contributed by atoms with Crippen LogP contribution in [-0.4, -0.2) is 30.8 Å². The highest BCUT2D eigenvalue weighted by Crippen LogP contribution is 2.33. The summed E-state index contributed by atoms with van der Waals surface area (Å²) in [5.41, 5.74) is 1.49. The molecule has 8 nitrogen and oxygen atoms in total. The second-order valence-electron chi connectivity index (χ2n) is 7.01. The van der Waals surface area contributed by atoms with E-state index in [0.29, 0.717) is 17.2 Å². The van der Waals surface area contributed by atoms with Gasteiger partial charge in [0.1, 0.15) is 11.5 Å². The largest absolute Gasteiger partial charge is 0.465 e. The maximum absolute atomic E-state index is 13.0. The normalized spacial score (nSPS) is 12.4. The van der Waals surface area contributed by atoms with E-state index < -0.39 is 17.8 Å². The summed E-state index contributed by atoms with van der Waals surface area (Å²) in [6.45, 7) is 1.41. The Labute approximate surface area is 183 Å². The van der Waals surface area contributed by atoms with Crippen LogP contribution in [-0.2, 0) is 9.53 Å². The maximum atomic E-state index is 13.0. The molecule has 0 spiro atoms. The van der Waals surface area contributed by atoms with Gasteiger partial charge in [-0.1, -0.05) is 12.1 Å². The number of ether oxygens (including phenoxy) is 2. The summed E-state index contributed by atoms with van der Waals surface area (Å²) in [5, 5.41) is 2.67. The zero-order chi connectivity index (χ0) is 22.8. The third-order valence-corrected chi connectivity index (χ3v) is 4.77. The van der Waals surface area contributed by atoms with Gasteiger partial charge < -0.3 is 14.8 Å². The van der Waals surface area contributed by atoms with Gasteiger partial charge in [0.25, 0.3) is 11.8 Å². The van der Waals surface area contributed by atoms with E-state index in [1.54, 1.807) is 42.5 Å². The van der Waals surface area contributed by atoms with Crippen LogP contribution >= 0.6 is 0 Å². The van der Waals surface area contributed by atoms with Crippen LogP contribution in [0.15, 0.2) is 66.7 Å². The lowest BCUT2D eigenvalue weighted by Crippen LogP contribution is -2.29. The smallest absolute Gasteiger partial charge is 0.337 e. The average Bonchev–Trinajstić information content (AvgIpc) is 3.02. The zero-order valence-electron chi connectivity index (χ0n) is 17.2. The SMILES string of the molecule is COC(=O)c1cccc(N2C(=O)c3ccc(Oc4cccc(NC(C)=O)c4)cc3C2=O)c1. The van der Waals surface area contributed by atoms with Crippen molar-refractivity contribution >= 4 is 35.1 Å². The van der Waals surface area contributed by atoms with Gasteiger partial charge in [-0.05, 0) is 48.5 Å². The average molecular weight is 430 g/mol. The van der Waals surface area contributed by atoms with Crippen LogP contribution in [0, 0.1) is 0 Å². The van der Waals surface area contributed by atoms with Crippen molar-refractivity contribution in [2.75, 3.05) is 17.3 Å². The number of carbonyl (C=O) groups is 4. The molecular weight excluding hydrogens is 412 g/mol. The minimum absolute atomic E-state index is 0.189. The molecule has 1 aliphatic heterocycles. The highest BCUT2D eigenvalue weighted by molar-refractivity contribution is 6.34. The van der Waals surface area contributed by atoms with Crippen LogP contribution in [0.1, 0.15) is 38.0 Å². The molecule has 160 valence electrons. The quantitative estimate of drug-likeness (QED) is 0.484. The molecule has 0 aliphatic carbocycles. The summed E-state index contributed by atoms with van der Waals surface area (Å²) in [5.74, 6) is -0.984. The summed E-state index contributed by atoms with van der Waals surface area (Å²) in [6.07, 6.45) is 0. The molecule has 3 aromatic rings. The van der Waals surface area contributed by atoms with Crippen molar-refractivity contribution in [3.63, 3.8) is 0 Å². The number of nitrogens with one attached hydrogen (secondary N) is 1. The van der Waals surface area contributed by atoms with Crippen LogP contribution in [0.25, 0.3) is 0 Å². The van der Waals surface area contributed by atoms with E-state index in [9.17, 15) is 19.2 Å². The second kappa shape index (κ2) is 8.35. The first-order valence-corrected chi connectivity index (χ1v) is 9.64. The van der Waals surface area contributed by atoms with Gasteiger partial charge in [0.15, 0.2) is 0 Å². The van der Waals surface area contributed by atoms with E-state index in [-0.39, 0.29) is 28.3 Å². The highest BCUT2D eigenvalue weighted by atomic mass is 16.5. The van der Waals surface area contributed by atoms with Gasteiger partial charge in [0.05, 0.1) is 29.5 Å². The molecule has 0 bridgehead atoms. The lowest BCUT2D eigenvalue weighted by atomic mass is 10.1. The van der Waals surface area contributed by atoms with E-state index in [0.717, 1.165) is 4.90 Å². The first-order chi connectivity index (χ1) is 15.4. The minimum Gasteiger partial charge on any atom is -0.465 e. The first-order valence-electron chi connectivity index (χ1n) is 9.64. The van der Waals surface area contributed by atoms with Crippen molar-refractivity contribution in [3.05, 3.63) is 83.4 Å². The van der Waals surface area contributed by atoms with Crippen molar-refractivity contribution in [3.8, 4) is 11.5 Å².